The monoisotopic (exact) mass is 300 g/mol. The van der Waals surface area contributed by atoms with Crippen LogP contribution in [-0.4, -0.2) is 15.2 Å². The number of aliphatic hydroxyl groups excluding tert-OH is 1. The summed E-state index contributed by atoms with van der Waals surface area (Å²) >= 11 is 0. The van der Waals surface area contributed by atoms with Crippen molar-refractivity contribution in [1.29, 1.82) is 0 Å². The van der Waals surface area contributed by atoms with Gasteiger partial charge in [0.2, 0.25) is 5.82 Å². The normalized spacial score (nSPS) is 13.4. The summed E-state index contributed by atoms with van der Waals surface area (Å²) in [5, 5.41) is 13.2. The number of halogens is 3. The maximum atomic E-state index is 12.4. The van der Waals surface area contributed by atoms with Crippen molar-refractivity contribution in [3.8, 4) is 11.4 Å². The number of benzene rings is 1. The highest BCUT2D eigenvalue weighted by Crippen LogP contribution is 2.29. The van der Waals surface area contributed by atoms with E-state index in [0.717, 1.165) is 12.8 Å². The summed E-state index contributed by atoms with van der Waals surface area (Å²) in [6.45, 7) is 2.03. The van der Waals surface area contributed by atoms with E-state index in [0.29, 0.717) is 17.5 Å². The largest absolute Gasteiger partial charge is 0.471 e. The van der Waals surface area contributed by atoms with E-state index in [1.807, 2.05) is 6.92 Å². The molecule has 0 aliphatic heterocycles. The first kappa shape index (κ1) is 15.5. The predicted molar refractivity (Wildman–Crippen MR) is 69.2 cm³/mol. The third-order valence-electron chi connectivity index (χ3n) is 3.05. The van der Waals surface area contributed by atoms with Crippen LogP contribution >= 0.6 is 0 Å². The van der Waals surface area contributed by atoms with Gasteiger partial charge < -0.3 is 9.63 Å². The zero-order valence-corrected chi connectivity index (χ0v) is 11.4. The zero-order chi connectivity index (χ0) is 15.5. The number of aliphatic hydroxyl groups is 1. The number of rotatable bonds is 5. The Morgan fingerprint density at radius 3 is 2.43 bits per heavy atom. The fraction of sp³-hybridized carbons (Fsp3) is 0.429. The number of hydrogen-bond donors (Lipinski definition) is 1. The minimum absolute atomic E-state index is 0.128. The SMILES string of the molecule is CCCCC(O)c1ccc(-c2noc(C(F)(F)F)n2)cc1. The van der Waals surface area contributed by atoms with Crippen LogP contribution in [0.1, 0.15) is 43.7 Å². The van der Waals surface area contributed by atoms with Crippen LogP contribution in [0, 0.1) is 0 Å². The lowest BCUT2D eigenvalue weighted by molar-refractivity contribution is -0.159. The van der Waals surface area contributed by atoms with E-state index in [2.05, 4.69) is 14.7 Å². The van der Waals surface area contributed by atoms with Gasteiger partial charge in [0.15, 0.2) is 0 Å². The van der Waals surface area contributed by atoms with Crippen molar-refractivity contribution in [2.45, 2.75) is 38.5 Å². The van der Waals surface area contributed by atoms with Gasteiger partial charge in [-0.25, -0.2) is 0 Å². The third kappa shape index (κ3) is 3.81. The molecule has 0 bridgehead atoms. The van der Waals surface area contributed by atoms with Crippen molar-refractivity contribution in [2.24, 2.45) is 0 Å². The Balaban J connectivity index is 2.13. The Morgan fingerprint density at radius 1 is 1.24 bits per heavy atom. The van der Waals surface area contributed by atoms with E-state index < -0.39 is 18.2 Å². The van der Waals surface area contributed by atoms with Crippen LogP contribution in [0.2, 0.25) is 0 Å². The molecule has 1 unspecified atom stereocenters. The molecule has 7 heteroatoms. The molecular formula is C14H15F3N2O2. The van der Waals surface area contributed by atoms with E-state index in [-0.39, 0.29) is 5.82 Å². The topological polar surface area (TPSA) is 59.2 Å². The average Bonchev–Trinajstić information content (AvgIpc) is 2.95. The Kier molecular flexibility index (Phi) is 4.62. The van der Waals surface area contributed by atoms with Crippen LogP contribution in [0.3, 0.4) is 0 Å². The first-order chi connectivity index (χ1) is 9.91. The molecule has 0 saturated carbocycles. The molecule has 1 aromatic carbocycles. The first-order valence-corrected chi connectivity index (χ1v) is 6.61. The van der Waals surface area contributed by atoms with Crippen LogP contribution < -0.4 is 0 Å². The van der Waals surface area contributed by atoms with Crippen LogP contribution in [0.25, 0.3) is 11.4 Å². The van der Waals surface area contributed by atoms with Gasteiger partial charge in [-0.3, -0.25) is 0 Å². The van der Waals surface area contributed by atoms with Gasteiger partial charge in [-0.1, -0.05) is 49.2 Å². The molecule has 2 rings (SSSR count). The number of unbranched alkanes of at least 4 members (excludes halogenated alkanes) is 1. The van der Waals surface area contributed by atoms with E-state index in [1.54, 1.807) is 24.3 Å². The van der Waals surface area contributed by atoms with Crippen molar-refractivity contribution in [1.82, 2.24) is 10.1 Å². The Hall–Kier alpha value is -1.89. The second kappa shape index (κ2) is 6.26. The number of alkyl halides is 3. The highest BCUT2D eigenvalue weighted by Gasteiger charge is 2.38. The van der Waals surface area contributed by atoms with Crippen molar-refractivity contribution in [3.63, 3.8) is 0 Å². The van der Waals surface area contributed by atoms with Crippen LogP contribution in [-0.2, 0) is 6.18 Å². The van der Waals surface area contributed by atoms with Crippen LogP contribution in [0.4, 0.5) is 13.2 Å². The summed E-state index contributed by atoms with van der Waals surface area (Å²) in [4.78, 5) is 3.31. The molecule has 0 fully saturated rings. The van der Waals surface area contributed by atoms with Crippen molar-refractivity contribution >= 4 is 0 Å². The smallest absolute Gasteiger partial charge is 0.388 e. The van der Waals surface area contributed by atoms with E-state index in [1.165, 1.54) is 0 Å². The molecule has 0 aliphatic rings. The molecule has 0 saturated heterocycles. The third-order valence-corrected chi connectivity index (χ3v) is 3.05. The summed E-state index contributed by atoms with van der Waals surface area (Å²) in [7, 11) is 0. The van der Waals surface area contributed by atoms with Gasteiger partial charge in [0.1, 0.15) is 0 Å². The predicted octanol–water partition coefficient (Wildman–Crippen LogP) is 3.98. The molecule has 1 atom stereocenters. The van der Waals surface area contributed by atoms with Crippen molar-refractivity contribution < 1.29 is 22.8 Å². The van der Waals surface area contributed by atoms with E-state index in [4.69, 9.17) is 0 Å². The highest BCUT2D eigenvalue weighted by atomic mass is 19.4. The van der Waals surface area contributed by atoms with E-state index >= 15 is 0 Å². The fourth-order valence-electron chi connectivity index (χ4n) is 1.87. The van der Waals surface area contributed by atoms with Gasteiger partial charge in [-0.2, -0.15) is 18.2 Å². The maximum Gasteiger partial charge on any atom is 0.471 e. The molecule has 114 valence electrons. The molecule has 4 nitrogen and oxygen atoms in total. The molecule has 2 aromatic rings. The van der Waals surface area contributed by atoms with Crippen molar-refractivity contribution in [2.75, 3.05) is 0 Å². The standard InChI is InChI=1S/C14H15F3N2O2/c1-2-3-4-11(20)9-5-7-10(8-6-9)12-18-13(21-19-12)14(15,16)17/h5-8,11,20H,2-4H2,1H3. The minimum atomic E-state index is -4.65. The molecule has 0 spiro atoms. The number of hydrogen-bond acceptors (Lipinski definition) is 4. The molecule has 0 amide bonds. The molecule has 21 heavy (non-hydrogen) atoms. The van der Waals surface area contributed by atoms with Gasteiger partial charge >= 0.3 is 12.1 Å². The molecule has 0 radical (unpaired) electrons. The minimum Gasteiger partial charge on any atom is -0.388 e. The highest BCUT2D eigenvalue weighted by molar-refractivity contribution is 5.54. The molecule has 1 N–H and O–H groups in total. The van der Waals surface area contributed by atoms with Crippen molar-refractivity contribution in [3.05, 3.63) is 35.7 Å². The summed E-state index contributed by atoms with van der Waals surface area (Å²) in [5.74, 6) is -1.50. The Bertz CT molecular complexity index is 579. The second-order valence-corrected chi connectivity index (χ2v) is 4.70. The van der Waals surface area contributed by atoms with Gasteiger partial charge in [0.05, 0.1) is 6.10 Å². The van der Waals surface area contributed by atoms with Gasteiger partial charge in [-0.15, -0.1) is 0 Å². The molecular weight excluding hydrogens is 285 g/mol. The lowest BCUT2D eigenvalue weighted by Gasteiger charge is -2.10. The van der Waals surface area contributed by atoms with Gasteiger partial charge in [0, 0.05) is 5.56 Å². The maximum absolute atomic E-state index is 12.4. The summed E-state index contributed by atoms with van der Waals surface area (Å²) in [6, 6.07) is 6.43. The molecule has 1 heterocycles. The molecule has 0 aliphatic carbocycles. The van der Waals surface area contributed by atoms with Gasteiger partial charge in [-0.05, 0) is 12.0 Å². The van der Waals surface area contributed by atoms with Crippen LogP contribution in [0.5, 0.6) is 0 Å². The lowest BCUT2D eigenvalue weighted by atomic mass is 10.0. The number of nitrogens with zero attached hydrogens (tertiary/aromatic N) is 2. The fourth-order valence-corrected chi connectivity index (χ4v) is 1.87. The summed E-state index contributed by atoms with van der Waals surface area (Å²) in [6.07, 6.45) is -2.69. The summed E-state index contributed by atoms with van der Waals surface area (Å²) < 4.78 is 41.3. The molecule has 1 aromatic heterocycles. The quantitative estimate of drug-likeness (QED) is 0.907. The number of aromatic nitrogens is 2. The van der Waals surface area contributed by atoms with Gasteiger partial charge in [0.25, 0.3) is 0 Å². The zero-order valence-electron chi connectivity index (χ0n) is 11.4. The van der Waals surface area contributed by atoms with Crippen LogP contribution in [0.15, 0.2) is 28.8 Å². The summed E-state index contributed by atoms with van der Waals surface area (Å²) in [5.41, 5.74) is 1.12. The lowest BCUT2D eigenvalue weighted by Crippen LogP contribution is -2.04. The Labute approximate surface area is 119 Å². The first-order valence-electron chi connectivity index (χ1n) is 6.61. The van der Waals surface area contributed by atoms with E-state index in [9.17, 15) is 18.3 Å². The Morgan fingerprint density at radius 2 is 1.90 bits per heavy atom. The second-order valence-electron chi connectivity index (χ2n) is 4.70. The average molecular weight is 300 g/mol.